The van der Waals surface area contributed by atoms with E-state index >= 15 is 0 Å². The maximum absolute atomic E-state index is 6.01. The Bertz CT molecular complexity index is 590. The third-order valence-electron chi connectivity index (χ3n) is 2.92. The standard InChI is InChI=1S/C15H17ClN2O/c1-4-11(2)10-19-14-8-17-18(9-14)15-7-13(16)6-5-12(15)3/h5-9H,2,4,10H2,1,3H3. The second kappa shape index (κ2) is 5.93. The number of hydrogen-bond donors (Lipinski definition) is 0. The van der Waals surface area contributed by atoms with E-state index in [1.807, 2.05) is 31.3 Å². The number of benzene rings is 1. The molecule has 1 aromatic heterocycles. The summed E-state index contributed by atoms with van der Waals surface area (Å²) in [5.41, 5.74) is 3.13. The van der Waals surface area contributed by atoms with Crippen molar-refractivity contribution >= 4 is 11.6 Å². The van der Waals surface area contributed by atoms with Gasteiger partial charge in [-0.05, 0) is 36.6 Å². The van der Waals surface area contributed by atoms with Crippen LogP contribution in [-0.4, -0.2) is 16.4 Å². The SMILES string of the molecule is C=C(CC)COc1cnn(-c2cc(Cl)ccc2C)c1. The van der Waals surface area contributed by atoms with Crippen LogP contribution >= 0.6 is 11.6 Å². The van der Waals surface area contributed by atoms with Gasteiger partial charge in [0, 0.05) is 5.02 Å². The molecule has 0 saturated heterocycles. The van der Waals surface area contributed by atoms with Gasteiger partial charge >= 0.3 is 0 Å². The molecule has 0 saturated carbocycles. The average Bonchev–Trinajstić information content (AvgIpc) is 2.87. The van der Waals surface area contributed by atoms with Crippen molar-refractivity contribution in [2.24, 2.45) is 0 Å². The van der Waals surface area contributed by atoms with E-state index in [2.05, 4.69) is 18.6 Å². The van der Waals surface area contributed by atoms with Crippen LogP contribution in [0.2, 0.25) is 5.02 Å². The van der Waals surface area contributed by atoms with E-state index in [0.717, 1.165) is 29.0 Å². The lowest BCUT2D eigenvalue weighted by Gasteiger charge is -2.06. The van der Waals surface area contributed by atoms with E-state index in [0.29, 0.717) is 11.6 Å². The lowest BCUT2D eigenvalue weighted by Crippen LogP contribution is -1.99. The minimum atomic E-state index is 0.525. The van der Waals surface area contributed by atoms with Gasteiger partial charge in [-0.1, -0.05) is 31.2 Å². The number of aryl methyl sites for hydroxylation is 1. The predicted octanol–water partition coefficient (Wildman–Crippen LogP) is 4.18. The smallest absolute Gasteiger partial charge is 0.158 e. The average molecular weight is 277 g/mol. The molecule has 0 amide bonds. The minimum Gasteiger partial charge on any atom is -0.486 e. The molecular weight excluding hydrogens is 260 g/mol. The molecule has 0 spiro atoms. The van der Waals surface area contributed by atoms with Gasteiger partial charge in [0.15, 0.2) is 5.75 Å². The largest absolute Gasteiger partial charge is 0.486 e. The third-order valence-corrected chi connectivity index (χ3v) is 3.15. The molecule has 0 fully saturated rings. The van der Waals surface area contributed by atoms with Crippen molar-refractivity contribution in [1.82, 2.24) is 9.78 Å². The van der Waals surface area contributed by atoms with Crippen LogP contribution in [0.5, 0.6) is 5.75 Å². The summed E-state index contributed by atoms with van der Waals surface area (Å²) in [4.78, 5) is 0. The molecular formula is C15H17ClN2O. The first kappa shape index (κ1) is 13.7. The number of hydrogen-bond acceptors (Lipinski definition) is 2. The van der Waals surface area contributed by atoms with Crippen LogP contribution in [-0.2, 0) is 0 Å². The summed E-state index contributed by atoms with van der Waals surface area (Å²) in [6, 6.07) is 5.73. The zero-order chi connectivity index (χ0) is 13.8. The van der Waals surface area contributed by atoms with Crippen LogP contribution in [0.1, 0.15) is 18.9 Å². The lowest BCUT2D eigenvalue weighted by molar-refractivity contribution is 0.349. The quantitative estimate of drug-likeness (QED) is 0.766. The molecule has 0 bridgehead atoms. The van der Waals surface area contributed by atoms with Gasteiger partial charge < -0.3 is 4.74 Å². The second-order valence-corrected chi connectivity index (χ2v) is 4.88. The highest BCUT2D eigenvalue weighted by Crippen LogP contribution is 2.21. The van der Waals surface area contributed by atoms with Crippen molar-refractivity contribution in [2.75, 3.05) is 6.61 Å². The number of ether oxygens (including phenoxy) is 1. The Kier molecular flexibility index (Phi) is 4.27. The van der Waals surface area contributed by atoms with Crippen molar-refractivity contribution < 1.29 is 4.74 Å². The molecule has 1 aromatic carbocycles. The zero-order valence-electron chi connectivity index (χ0n) is 11.2. The molecule has 0 N–H and O–H groups in total. The molecule has 0 aliphatic rings. The molecule has 4 heteroatoms. The first-order valence-electron chi connectivity index (χ1n) is 6.20. The van der Waals surface area contributed by atoms with E-state index < -0.39 is 0 Å². The van der Waals surface area contributed by atoms with Gasteiger partial charge in [0.2, 0.25) is 0 Å². The molecule has 2 aromatic rings. The zero-order valence-corrected chi connectivity index (χ0v) is 11.9. The summed E-state index contributed by atoms with van der Waals surface area (Å²) in [5, 5.41) is 4.99. The van der Waals surface area contributed by atoms with Gasteiger partial charge in [-0.3, -0.25) is 0 Å². The maximum Gasteiger partial charge on any atom is 0.158 e. The van der Waals surface area contributed by atoms with E-state index in [1.54, 1.807) is 10.9 Å². The van der Waals surface area contributed by atoms with E-state index in [1.165, 1.54) is 0 Å². The lowest BCUT2D eigenvalue weighted by atomic mass is 10.2. The summed E-state index contributed by atoms with van der Waals surface area (Å²) >= 11 is 6.01. The van der Waals surface area contributed by atoms with Gasteiger partial charge in [-0.15, -0.1) is 0 Å². The number of aromatic nitrogens is 2. The monoisotopic (exact) mass is 276 g/mol. The summed E-state index contributed by atoms with van der Waals surface area (Å²) < 4.78 is 7.38. The highest BCUT2D eigenvalue weighted by Gasteiger charge is 2.05. The third kappa shape index (κ3) is 3.38. The van der Waals surface area contributed by atoms with Crippen molar-refractivity contribution in [3.8, 4) is 11.4 Å². The molecule has 100 valence electrons. The Morgan fingerprint density at radius 2 is 2.26 bits per heavy atom. The Morgan fingerprint density at radius 3 is 3.00 bits per heavy atom. The fraction of sp³-hybridized carbons (Fsp3) is 0.267. The predicted molar refractivity (Wildman–Crippen MR) is 78.2 cm³/mol. The number of rotatable bonds is 5. The van der Waals surface area contributed by atoms with Crippen LogP contribution in [0.4, 0.5) is 0 Å². The number of halogens is 1. The van der Waals surface area contributed by atoms with Crippen molar-refractivity contribution in [1.29, 1.82) is 0 Å². The second-order valence-electron chi connectivity index (χ2n) is 4.44. The fourth-order valence-electron chi connectivity index (χ4n) is 1.63. The normalized spacial score (nSPS) is 10.5. The molecule has 3 nitrogen and oxygen atoms in total. The molecule has 0 atom stereocenters. The van der Waals surface area contributed by atoms with Crippen molar-refractivity contribution in [3.05, 3.63) is 53.3 Å². The molecule has 0 unspecified atom stereocenters. The van der Waals surface area contributed by atoms with Gasteiger partial charge in [-0.2, -0.15) is 5.10 Å². The Labute approximate surface area is 118 Å². The summed E-state index contributed by atoms with van der Waals surface area (Å²) in [6.45, 7) is 8.51. The molecule has 19 heavy (non-hydrogen) atoms. The first-order valence-corrected chi connectivity index (χ1v) is 6.58. The van der Waals surface area contributed by atoms with Gasteiger partial charge in [0.05, 0.1) is 18.1 Å². The van der Waals surface area contributed by atoms with Crippen LogP contribution < -0.4 is 4.74 Å². The molecule has 0 aliphatic heterocycles. The van der Waals surface area contributed by atoms with Gasteiger partial charge in [0.25, 0.3) is 0 Å². The molecule has 2 rings (SSSR count). The summed E-state index contributed by atoms with van der Waals surface area (Å²) in [5.74, 6) is 0.731. The molecule has 1 heterocycles. The van der Waals surface area contributed by atoms with Crippen LogP contribution in [0.25, 0.3) is 5.69 Å². The number of nitrogens with zero attached hydrogens (tertiary/aromatic N) is 2. The van der Waals surface area contributed by atoms with Crippen molar-refractivity contribution in [3.63, 3.8) is 0 Å². The highest BCUT2D eigenvalue weighted by atomic mass is 35.5. The van der Waals surface area contributed by atoms with E-state index in [-0.39, 0.29) is 0 Å². The van der Waals surface area contributed by atoms with E-state index in [4.69, 9.17) is 16.3 Å². The Morgan fingerprint density at radius 1 is 1.47 bits per heavy atom. The van der Waals surface area contributed by atoms with Crippen LogP contribution in [0.15, 0.2) is 42.7 Å². The Balaban J connectivity index is 2.16. The molecule has 0 aliphatic carbocycles. The Hall–Kier alpha value is -1.74. The van der Waals surface area contributed by atoms with Crippen LogP contribution in [0, 0.1) is 6.92 Å². The fourth-order valence-corrected chi connectivity index (χ4v) is 1.80. The summed E-state index contributed by atoms with van der Waals surface area (Å²) in [7, 11) is 0. The highest BCUT2D eigenvalue weighted by molar-refractivity contribution is 6.30. The van der Waals surface area contributed by atoms with Crippen molar-refractivity contribution in [2.45, 2.75) is 20.3 Å². The molecule has 0 radical (unpaired) electrons. The minimum absolute atomic E-state index is 0.525. The summed E-state index contributed by atoms with van der Waals surface area (Å²) in [6.07, 6.45) is 4.46. The topological polar surface area (TPSA) is 27.1 Å². The first-order chi connectivity index (χ1) is 9.10. The van der Waals surface area contributed by atoms with Gasteiger partial charge in [0.1, 0.15) is 6.61 Å². The van der Waals surface area contributed by atoms with E-state index in [9.17, 15) is 0 Å². The van der Waals surface area contributed by atoms with Gasteiger partial charge in [-0.25, -0.2) is 4.68 Å². The maximum atomic E-state index is 6.01. The van der Waals surface area contributed by atoms with Crippen LogP contribution in [0.3, 0.4) is 0 Å².